The Morgan fingerprint density at radius 1 is 1.25 bits per heavy atom. The predicted octanol–water partition coefficient (Wildman–Crippen LogP) is 2.83. The molecule has 1 heterocycles. The fraction of sp³-hybridized carbons (Fsp3) is 0.625. The zero-order chi connectivity index (χ0) is 14.5. The standard InChI is InChI=1S/C16H24F2N2/c1-12(10-14-15(17)4-3-5-16(14)18)19-11-13-6-8-20(2)9-7-13/h3-5,12-13,19H,6-11H2,1-2H3. The number of rotatable bonds is 5. The molecule has 1 aromatic rings. The van der Waals surface area contributed by atoms with Crippen LogP contribution >= 0.6 is 0 Å². The van der Waals surface area contributed by atoms with Crippen LogP contribution < -0.4 is 5.32 Å². The van der Waals surface area contributed by atoms with Crippen molar-refractivity contribution in [2.45, 2.75) is 32.2 Å². The summed E-state index contributed by atoms with van der Waals surface area (Å²) in [5.41, 5.74) is 0.191. The van der Waals surface area contributed by atoms with Crippen LogP contribution in [-0.4, -0.2) is 37.6 Å². The van der Waals surface area contributed by atoms with E-state index >= 15 is 0 Å². The second-order valence-corrected chi connectivity index (χ2v) is 5.96. The second-order valence-electron chi connectivity index (χ2n) is 5.96. The maximum absolute atomic E-state index is 13.6. The van der Waals surface area contributed by atoms with Crippen molar-refractivity contribution in [2.75, 3.05) is 26.7 Å². The average Bonchev–Trinajstić information content (AvgIpc) is 2.42. The van der Waals surface area contributed by atoms with Crippen LogP contribution in [0.1, 0.15) is 25.3 Å². The predicted molar refractivity (Wildman–Crippen MR) is 77.7 cm³/mol. The molecule has 1 aliphatic heterocycles. The van der Waals surface area contributed by atoms with Crippen molar-refractivity contribution < 1.29 is 8.78 Å². The first-order chi connectivity index (χ1) is 9.56. The maximum Gasteiger partial charge on any atom is 0.129 e. The summed E-state index contributed by atoms with van der Waals surface area (Å²) in [5.74, 6) is -0.213. The highest BCUT2D eigenvalue weighted by Gasteiger charge is 2.18. The molecule has 0 aromatic heterocycles. The van der Waals surface area contributed by atoms with Crippen LogP contribution in [0.15, 0.2) is 18.2 Å². The van der Waals surface area contributed by atoms with E-state index in [1.165, 1.54) is 31.0 Å². The highest BCUT2D eigenvalue weighted by Crippen LogP contribution is 2.17. The Kier molecular flexibility index (Phi) is 5.49. The van der Waals surface area contributed by atoms with Gasteiger partial charge in [-0.2, -0.15) is 0 Å². The number of nitrogens with zero attached hydrogens (tertiary/aromatic N) is 1. The van der Waals surface area contributed by atoms with Gasteiger partial charge in [-0.05, 0) is 70.9 Å². The van der Waals surface area contributed by atoms with Crippen LogP contribution in [0.2, 0.25) is 0 Å². The quantitative estimate of drug-likeness (QED) is 0.893. The Hall–Kier alpha value is -1.00. The summed E-state index contributed by atoms with van der Waals surface area (Å²) in [4.78, 5) is 2.34. The van der Waals surface area contributed by atoms with Gasteiger partial charge in [0.25, 0.3) is 0 Å². The molecule has 1 unspecified atom stereocenters. The van der Waals surface area contributed by atoms with E-state index in [4.69, 9.17) is 0 Å². The Balaban J connectivity index is 1.79. The van der Waals surface area contributed by atoms with Gasteiger partial charge in [-0.3, -0.25) is 0 Å². The number of halogens is 2. The third kappa shape index (κ3) is 4.25. The first kappa shape index (κ1) is 15.4. The number of likely N-dealkylation sites (tertiary alicyclic amines) is 1. The summed E-state index contributed by atoms with van der Waals surface area (Å²) in [6.45, 7) is 5.21. The van der Waals surface area contributed by atoms with E-state index in [1.807, 2.05) is 6.92 Å². The fourth-order valence-electron chi connectivity index (χ4n) is 2.74. The molecule has 0 spiro atoms. The van der Waals surface area contributed by atoms with Gasteiger partial charge < -0.3 is 10.2 Å². The summed E-state index contributed by atoms with van der Waals surface area (Å²) < 4.78 is 27.2. The smallest absolute Gasteiger partial charge is 0.129 e. The summed E-state index contributed by atoms with van der Waals surface area (Å²) >= 11 is 0. The lowest BCUT2D eigenvalue weighted by Gasteiger charge is -2.30. The van der Waals surface area contributed by atoms with Crippen molar-refractivity contribution in [3.05, 3.63) is 35.4 Å². The lowest BCUT2D eigenvalue weighted by molar-refractivity contribution is 0.213. The van der Waals surface area contributed by atoms with Crippen LogP contribution in [-0.2, 0) is 6.42 Å². The molecule has 1 N–H and O–H groups in total. The zero-order valence-electron chi connectivity index (χ0n) is 12.3. The van der Waals surface area contributed by atoms with Crippen LogP contribution in [0.3, 0.4) is 0 Å². The highest BCUT2D eigenvalue weighted by atomic mass is 19.1. The van der Waals surface area contributed by atoms with Crippen molar-refractivity contribution in [1.82, 2.24) is 10.2 Å². The summed E-state index contributed by atoms with van der Waals surface area (Å²) in [6.07, 6.45) is 2.79. The summed E-state index contributed by atoms with van der Waals surface area (Å²) in [5, 5.41) is 3.42. The maximum atomic E-state index is 13.6. The van der Waals surface area contributed by atoms with Crippen molar-refractivity contribution in [1.29, 1.82) is 0 Å². The van der Waals surface area contributed by atoms with Gasteiger partial charge in [0.05, 0.1) is 0 Å². The highest BCUT2D eigenvalue weighted by molar-refractivity contribution is 5.20. The molecule has 0 aliphatic carbocycles. The molecule has 2 nitrogen and oxygen atoms in total. The van der Waals surface area contributed by atoms with Crippen molar-refractivity contribution >= 4 is 0 Å². The molecule has 1 aromatic carbocycles. The minimum Gasteiger partial charge on any atom is -0.314 e. The minimum absolute atomic E-state index is 0.0843. The summed E-state index contributed by atoms with van der Waals surface area (Å²) in [7, 11) is 2.15. The number of piperidine rings is 1. The Labute approximate surface area is 120 Å². The van der Waals surface area contributed by atoms with Gasteiger partial charge in [0.15, 0.2) is 0 Å². The lowest BCUT2D eigenvalue weighted by atomic mass is 9.96. The first-order valence-electron chi connectivity index (χ1n) is 7.41. The third-order valence-corrected chi connectivity index (χ3v) is 4.17. The first-order valence-corrected chi connectivity index (χ1v) is 7.41. The van der Waals surface area contributed by atoms with E-state index < -0.39 is 11.6 Å². The molecule has 0 amide bonds. The molecule has 1 fully saturated rings. The summed E-state index contributed by atoms with van der Waals surface area (Å²) in [6, 6.07) is 4.13. The van der Waals surface area contributed by atoms with Crippen LogP contribution in [0.4, 0.5) is 8.78 Å². The third-order valence-electron chi connectivity index (χ3n) is 4.17. The van der Waals surface area contributed by atoms with Crippen molar-refractivity contribution in [3.63, 3.8) is 0 Å². The Bertz CT molecular complexity index is 408. The minimum atomic E-state index is -0.446. The Morgan fingerprint density at radius 2 is 1.85 bits per heavy atom. The molecule has 0 radical (unpaired) electrons. The normalized spacial score (nSPS) is 19.2. The molecule has 1 saturated heterocycles. The average molecular weight is 282 g/mol. The van der Waals surface area contributed by atoms with E-state index in [1.54, 1.807) is 0 Å². The van der Waals surface area contributed by atoms with Crippen LogP contribution in [0.25, 0.3) is 0 Å². The van der Waals surface area contributed by atoms with E-state index in [0.29, 0.717) is 12.3 Å². The van der Waals surface area contributed by atoms with E-state index in [-0.39, 0.29) is 11.6 Å². The SMILES string of the molecule is CC(Cc1c(F)cccc1F)NCC1CCN(C)CC1. The van der Waals surface area contributed by atoms with Gasteiger partial charge >= 0.3 is 0 Å². The van der Waals surface area contributed by atoms with Crippen molar-refractivity contribution in [3.8, 4) is 0 Å². The molecule has 1 atom stereocenters. The molecule has 2 rings (SSSR count). The van der Waals surface area contributed by atoms with Gasteiger partial charge in [-0.15, -0.1) is 0 Å². The monoisotopic (exact) mass is 282 g/mol. The molecular weight excluding hydrogens is 258 g/mol. The molecule has 112 valence electrons. The topological polar surface area (TPSA) is 15.3 Å². The number of nitrogens with one attached hydrogen (secondary N) is 1. The molecule has 1 aliphatic rings. The zero-order valence-corrected chi connectivity index (χ0v) is 12.3. The lowest BCUT2D eigenvalue weighted by Crippen LogP contribution is -2.38. The molecule has 0 bridgehead atoms. The van der Waals surface area contributed by atoms with Crippen LogP contribution in [0, 0.1) is 17.6 Å². The van der Waals surface area contributed by atoms with E-state index in [9.17, 15) is 8.78 Å². The molecule has 20 heavy (non-hydrogen) atoms. The van der Waals surface area contributed by atoms with Gasteiger partial charge in [-0.25, -0.2) is 8.78 Å². The number of benzene rings is 1. The van der Waals surface area contributed by atoms with E-state index in [0.717, 1.165) is 19.6 Å². The van der Waals surface area contributed by atoms with Crippen LogP contribution in [0.5, 0.6) is 0 Å². The van der Waals surface area contributed by atoms with E-state index in [2.05, 4.69) is 17.3 Å². The van der Waals surface area contributed by atoms with Gasteiger partial charge in [0, 0.05) is 11.6 Å². The van der Waals surface area contributed by atoms with Gasteiger partial charge in [0.2, 0.25) is 0 Å². The Morgan fingerprint density at radius 3 is 2.45 bits per heavy atom. The second kappa shape index (κ2) is 7.14. The van der Waals surface area contributed by atoms with Gasteiger partial charge in [0.1, 0.15) is 11.6 Å². The number of hydrogen-bond acceptors (Lipinski definition) is 2. The fourth-order valence-corrected chi connectivity index (χ4v) is 2.74. The number of hydrogen-bond donors (Lipinski definition) is 1. The molecule has 4 heteroatoms. The molecular formula is C16H24F2N2. The molecule has 0 saturated carbocycles. The van der Waals surface area contributed by atoms with Crippen molar-refractivity contribution in [2.24, 2.45) is 5.92 Å². The van der Waals surface area contributed by atoms with Gasteiger partial charge in [-0.1, -0.05) is 6.07 Å². The largest absolute Gasteiger partial charge is 0.314 e.